The Hall–Kier alpha value is -3.10. The third kappa shape index (κ3) is 5.19. The largest absolute Gasteiger partial charge is 0.490 e. The van der Waals surface area contributed by atoms with Crippen molar-refractivity contribution in [2.24, 2.45) is 10.7 Å². The van der Waals surface area contributed by atoms with Gasteiger partial charge in [-0.05, 0) is 38.1 Å². The summed E-state index contributed by atoms with van der Waals surface area (Å²) in [4.78, 5) is 20.2. The van der Waals surface area contributed by atoms with Crippen LogP contribution in [0.1, 0.15) is 24.2 Å². The Morgan fingerprint density at radius 1 is 1.33 bits per heavy atom. The number of amidine groups is 1. The molecule has 1 aromatic heterocycles. The number of fused-ring (bicyclic) bond motifs is 1. The molecular weight excluding hydrogens is 361 g/mol. The van der Waals surface area contributed by atoms with Crippen LogP contribution in [0.5, 0.6) is 5.75 Å². The van der Waals surface area contributed by atoms with Crippen molar-refractivity contribution in [2.75, 3.05) is 7.05 Å². The number of aromatic nitrogens is 1. The lowest BCUT2D eigenvalue weighted by Gasteiger charge is -2.12. The zero-order valence-corrected chi connectivity index (χ0v) is 15.0. The van der Waals surface area contributed by atoms with Crippen molar-refractivity contribution in [1.29, 1.82) is 0 Å². The fourth-order valence-corrected chi connectivity index (χ4v) is 2.19. The predicted octanol–water partition coefficient (Wildman–Crippen LogP) is 3.19. The number of benzene rings is 1. The van der Waals surface area contributed by atoms with E-state index in [0.717, 1.165) is 0 Å². The summed E-state index contributed by atoms with van der Waals surface area (Å²) in [5.41, 5.74) is 4.31. The molecule has 0 atom stereocenters. The Morgan fingerprint density at radius 2 is 2.04 bits per heavy atom. The van der Waals surface area contributed by atoms with Crippen LogP contribution in [0.4, 0.5) is 13.2 Å². The van der Waals surface area contributed by atoms with Gasteiger partial charge in [0.2, 0.25) is 0 Å². The average molecular weight is 380 g/mol. The molecular formula is C18H19F3N4O2. The lowest BCUT2D eigenvalue weighted by Crippen LogP contribution is -2.31. The van der Waals surface area contributed by atoms with Crippen LogP contribution in [0.25, 0.3) is 10.9 Å². The number of hydrogen-bond acceptors (Lipinski definition) is 5. The maximum atomic E-state index is 12.5. The number of allylic oxidation sites excluding steroid dienone is 1. The highest BCUT2D eigenvalue weighted by atomic mass is 19.4. The molecule has 9 heteroatoms. The van der Waals surface area contributed by atoms with Crippen molar-refractivity contribution < 1.29 is 22.7 Å². The summed E-state index contributed by atoms with van der Waals surface area (Å²) in [5.74, 6) is -0.320. The third-order valence-electron chi connectivity index (χ3n) is 3.43. The Bertz CT molecular complexity index is 905. The molecule has 0 saturated heterocycles. The molecule has 6 nitrogen and oxygen atoms in total. The zero-order chi connectivity index (χ0) is 20.2. The summed E-state index contributed by atoms with van der Waals surface area (Å²) < 4.78 is 43.3. The second kappa shape index (κ2) is 8.07. The molecule has 0 saturated carbocycles. The molecule has 0 aliphatic heterocycles. The molecule has 1 heterocycles. The average Bonchev–Trinajstić information content (AvgIpc) is 2.59. The number of ether oxygens (including phenoxy) is 1. The maximum Gasteiger partial charge on any atom is 0.430 e. The highest BCUT2D eigenvalue weighted by Crippen LogP contribution is 2.25. The first-order chi connectivity index (χ1) is 12.6. The summed E-state index contributed by atoms with van der Waals surface area (Å²) >= 11 is 0. The fraction of sp³-hybridized carbons (Fsp3) is 0.278. The number of alkyl halides is 3. The first kappa shape index (κ1) is 20.2. The van der Waals surface area contributed by atoms with Gasteiger partial charge in [-0.25, -0.2) is 0 Å². The van der Waals surface area contributed by atoms with E-state index in [1.54, 1.807) is 18.3 Å². The molecule has 2 rings (SSSR count). The predicted molar refractivity (Wildman–Crippen MR) is 96.7 cm³/mol. The van der Waals surface area contributed by atoms with Crippen LogP contribution in [-0.2, 0) is 0 Å². The van der Waals surface area contributed by atoms with E-state index < -0.39 is 17.8 Å². The van der Waals surface area contributed by atoms with Gasteiger partial charge in [0.15, 0.2) is 0 Å². The second-order valence-corrected chi connectivity index (χ2v) is 5.87. The molecule has 0 radical (unpaired) electrons. The fourth-order valence-electron chi connectivity index (χ4n) is 2.19. The van der Waals surface area contributed by atoms with Crippen LogP contribution >= 0.6 is 0 Å². The van der Waals surface area contributed by atoms with Gasteiger partial charge in [0.1, 0.15) is 17.3 Å². The number of nitrogens with zero attached hydrogens (tertiary/aromatic N) is 2. The monoisotopic (exact) mass is 380 g/mol. The molecule has 0 unspecified atom stereocenters. The minimum absolute atomic E-state index is 0.0345. The Balaban J connectivity index is 2.27. The summed E-state index contributed by atoms with van der Waals surface area (Å²) in [7, 11) is 1.24. The first-order valence-electron chi connectivity index (χ1n) is 7.99. The molecule has 3 N–H and O–H groups in total. The van der Waals surface area contributed by atoms with Gasteiger partial charge >= 0.3 is 6.18 Å². The highest BCUT2D eigenvalue weighted by Gasteiger charge is 2.31. The number of carbonyl (C=O) groups excluding carboxylic acids is 1. The molecule has 1 amide bonds. The maximum absolute atomic E-state index is 12.5. The van der Waals surface area contributed by atoms with Crippen molar-refractivity contribution in [3.05, 3.63) is 47.8 Å². The van der Waals surface area contributed by atoms with Crippen molar-refractivity contribution in [3.8, 4) is 5.75 Å². The van der Waals surface area contributed by atoms with Crippen LogP contribution < -0.4 is 15.8 Å². The van der Waals surface area contributed by atoms with Crippen LogP contribution in [0, 0.1) is 0 Å². The van der Waals surface area contributed by atoms with Gasteiger partial charge in [-0.1, -0.05) is 0 Å². The van der Waals surface area contributed by atoms with E-state index in [-0.39, 0.29) is 17.5 Å². The van der Waals surface area contributed by atoms with E-state index in [9.17, 15) is 18.0 Å². The number of hydrogen-bond donors (Lipinski definition) is 2. The Kier molecular flexibility index (Phi) is 6.04. The van der Waals surface area contributed by atoms with Crippen molar-refractivity contribution >= 4 is 22.6 Å². The minimum atomic E-state index is -4.71. The lowest BCUT2D eigenvalue weighted by molar-refractivity contribution is -0.0925. The number of aliphatic imine (C=N–C) groups is 1. The Morgan fingerprint density at radius 3 is 2.63 bits per heavy atom. The van der Waals surface area contributed by atoms with Crippen LogP contribution in [0.15, 0.2) is 47.2 Å². The summed E-state index contributed by atoms with van der Waals surface area (Å²) in [6, 6.07) is 6.42. The number of nitrogens with two attached hydrogens (primary N) is 1. The zero-order valence-electron chi connectivity index (χ0n) is 15.0. The Labute approximate surface area is 153 Å². The lowest BCUT2D eigenvalue weighted by atomic mass is 10.1. The van der Waals surface area contributed by atoms with Crippen LogP contribution in [-0.4, -0.2) is 36.1 Å². The van der Waals surface area contributed by atoms with Crippen LogP contribution in [0.3, 0.4) is 0 Å². The van der Waals surface area contributed by atoms with E-state index in [1.807, 2.05) is 13.8 Å². The van der Waals surface area contributed by atoms with E-state index in [0.29, 0.717) is 22.7 Å². The van der Waals surface area contributed by atoms with Gasteiger partial charge in [-0.3, -0.25) is 14.8 Å². The summed E-state index contributed by atoms with van der Waals surface area (Å²) in [5, 5.41) is 3.01. The van der Waals surface area contributed by atoms with Gasteiger partial charge in [0.05, 0.1) is 11.6 Å². The van der Waals surface area contributed by atoms with Gasteiger partial charge in [-0.15, -0.1) is 0 Å². The van der Waals surface area contributed by atoms with E-state index in [2.05, 4.69) is 15.3 Å². The smallest absolute Gasteiger partial charge is 0.430 e. The molecule has 0 aliphatic rings. The normalized spacial score (nSPS) is 13.1. The van der Waals surface area contributed by atoms with Crippen molar-refractivity contribution in [1.82, 2.24) is 10.3 Å². The van der Waals surface area contributed by atoms with Crippen molar-refractivity contribution in [2.45, 2.75) is 26.1 Å². The molecule has 0 spiro atoms. The number of rotatable bonds is 4. The van der Waals surface area contributed by atoms with E-state index >= 15 is 0 Å². The van der Waals surface area contributed by atoms with Crippen molar-refractivity contribution in [3.63, 3.8) is 0 Å². The quantitative estimate of drug-likeness (QED) is 0.630. The number of halogens is 3. The molecule has 1 aromatic carbocycles. The molecule has 27 heavy (non-hydrogen) atoms. The summed E-state index contributed by atoms with van der Waals surface area (Å²) in [6.45, 7) is 3.78. The van der Waals surface area contributed by atoms with Gasteiger partial charge in [0, 0.05) is 30.3 Å². The number of nitrogens with one attached hydrogen (secondary N) is 1. The van der Waals surface area contributed by atoms with Gasteiger partial charge in [-0.2, -0.15) is 13.2 Å². The molecule has 144 valence electrons. The number of pyridine rings is 1. The van der Waals surface area contributed by atoms with E-state index in [1.165, 1.54) is 19.2 Å². The van der Waals surface area contributed by atoms with E-state index in [4.69, 9.17) is 10.5 Å². The van der Waals surface area contributed by atoms with Gasteiger partial charge < -0.3 is 15.8 Å². The number of amides is 1. The molecule has 0 fully saturated rings. The molecule has 0 aliphatic carbocycles. The van der Waals surface area contributed by atoms with Crippen LogP contribution in [0.2, 0.25) is 0 Å². The highest BCUT2D eigenvalue weighted by molar-refractivity contribution is 6.11. The minimum Gasteiger partial charge on any atom is -0.490 e. The third-order valence-corrected chi connectivity index (χ3v) is 3.43. The first-order valence-corrected chi connectivity index (χ1v) is 7.99. The standard InChI is InChI=1S/C18H19F3N4O2/c1-10(2)27-14-6-7-24-13-8-11(4-5-12(13)14)17(26)25-16(23-3)9-15(22)18(19,20)21/h4-10H,22H2,1-3H3,(H,23,25,26)/b15-9-. The molecule has 0 bridgehead atoms. The second-order valence-electron chi connectivity index (χ2n) is 5.87. The topological polar surface area (TPSA) is 89.6 Å². The molecule has 2 aromatic rings. The SMILES string of the molecule is CN=C(/C=C(\N)C(F)(F)F)NC(=O)c1ccc2c(OC(C)C)ccnc2c1. The number of carbonyl (C=O) groups is 1. The van der Waals surface area contributed by atoms with Gasteiger partial charge in [0.25, 0.3) is 5.91 Å². The summed E-state index contributed by atoms with van der Waals surface area (Å²) in [6.07, 6.45) is -2.63.